The largest absolute Gasteiger partial charge is 0.465 e. The van der Waals surface area contributed by atoms with Gasteiger partial charge in [-0.1, -0.05) is 37.3 Å². The zero-order valence-corrected chi connectivity index (χ0v) is 16.7. The Morgan fingerprint density at radius 3 is 2.62 bits per heavy atom. The maximum Gasteiger partial charge on any atom is 0.339 e. The molecule has 0 saturated carbocycles. The molecule has 0 aliphatic heterocycles. The number of methoxy groups -OCH3 is 1. The first-order chi connectivity index (χ1) is 14.0. The minimum absolute atomic E-state index is 0.295. The standard InChI is InChI=1S/C23H23N3O3/c1-4-16-9-7-8-15(2)21(16)26-20-14-17(12-13-24-20)22(27)25-19-11-6-5-10-18(19)23(28)29-3/h5-14H,4H2,1-3H3,(H,24,26)(H,25,27). The summed E-state index contributed by atoms with van der Waals surface area (Å²) in [6, 6.07) is 16.1. The Morgan fingerprint density at radius 1 is 1.07 bits per heavy atom. The van der Waals surface area contributed by atoms with Gasteiger partial charge in [0.1, 0.15) is 5.82 Å². The molecule has 29 heavy (non-hydrogen) atoms. The summed E-state index contributed by atoms with van der Waals surface area (Å²) in [5, 5.41) is 6.10. The Morgan fingerprint density at radius 2 is 1.86 bits per heavy atom. The highest BCUT2D eigenvalue weighted by Crippen LogP contribution is 2.25. The minimum Gasteiger partial charge on any atom is -0.465 e. The molecule has 0 aliphatic rings. The topological polar surface area (TPSA) is 80.3 Å². The van der Waals surface area contributed by atoms with Gasteiger partial charge in [0.2, 0.25) is 0 Å². The normalized spacial score (nSPS) is 10.3. The van der Waals surface area contributed by atoms with Gasteiger partial charge < -0.3 is 15.4 Å². The van der Waals surface area contributed by atoms with Crippen LogP contribution in [0.1, 0.15) is 38.8 Å². The average Bonchev–Trinajstić information content (AvgIpc) is 2.75. The predicted molar refractivity (Wildman–Crippen MR) is 114 cm³/mol. The molecule has 0 bridgehead atoms. The number of aryl methyl sites for hydroxylation is 2. The van der Waals surface area contributed by atoms with Gasteiger partial charge >= 0.3 is 5.97 Å². The van der Waals surface area contributed by atoms with Crippen LogP contribution < -0.4 is 10.6 Å². The first-order valence-electron chi connectivity index (χ1n) is 9.33. The molecule has 0 spiro atoms. The molecule has 3 rings (SSSR count). The van der Waals surface area contributed by atoms with Crippen LogP contribution in [0.15, 0.2) is 60.8 Å². The van der Waals surface area contributed by atoms with Gasteiger partial charge in [-0.25, -0.2) is 9.78 Å². The monoisotopic (exact) mass is 389 g/mol. The molecule has 148 valence electrons. The van der Waals surface area contributed by atoms with Gasteiger partial charge in [-0.15, -0.1) is 0 Å². The molecule has 6 heteroatoms. The summed E-state index contributed by atoms with van der Waals surface area (Å²) in [5.74, 6) is -0.278. The van der Waals surface area contributed by atoms with E-state index in [1.54, 1.807) is 42.6 Å². The van der Waals surface area contributed by atoms with Gasteiger partial charge in [-0.3, -0.25) is 4.79 Å². The predicted octanol–water partition coefficient (Wildman–Crippen LogP) is 4.73. The fourth-order valence-corrected chi connectivity index (χ4v) is 3.04. The van der Waals surface area contributed by atoms with Gasteiger partial charge in [-0.05, 0) is 48.7 Å². The number of rotatable bonds is 6. The van der Waals surface area contributed by atoms with E-state index in [1.165, 1.54) is 12.7 Å². The summed E-state index contributed by atoms with van der Waals surface area (Å²) in [5.41, 5.74) is 4.39. The summed E-state index contributed by atoms with van der Waals surface area (Å²) in [4.78, 5) is 29.0. The molecule has 0 atom stereocenters. The van der Waals surface area contributed by atoms with Gasteiger partial charge in [0.25, 0.3) is 5.91 Å². The summed E-state index contributed by atoms with van der Waals surface area (Å²) >= 11 is 0. The highest BCUT2D eigenvalue weighted by Gasteiger charge is 2.15. The van der Waals surface area contributed by atoms with E-state index in [9.17, 15) is 9.59 Å². The number of hydrogen-bond donors (Lipinski definition) is 2. The zero-order valence-electron chi connectivity index (χ0n) is 16.7. The summed E-state index contributed by atoms with van der Waals surface area (Å²) in [6.45, 7) is 4.12. The van der Waals surface area contributed by atoms with Crippen LogP contribution in [-0.4, -0.2) is 24.0 Å². The number of aromatic nitrogens is 1. The Balaban J connectivity index is 1.84. The molecular formula is C23H23N3O3. The lowest BCUT2D eigenvalue weighted by Gasteiger charge is -2.14. The van der Waals surface area contributed by atoms with Crippen LogP contribution >= 0.6 is 0 Å². The maximum atomic E-state index is 12.8. The number of nitrogens with zero attached hydrogens (tertiary/aromatic N) is 1. The SMILES string of the molecule is CCc1cccc(C)c1Nc1cc(C(=O)Nc2ccccc2C(=O)OC)ccn1. The second-order valence-corrected chi connectivity index (χ2v) is 6.51. The number of hydrogen-bond acceptors (Lipinski definition) is 5. The molecule has 1 amide bonds. The average molecular weight is 389 g/mol. The Kier molecular flexibility index (Phi) is 6.24. The van der Waals surface area contributed by atoms with E-state index >= 15 is 0 Å². The van der Waals surface area contributed by atoms with Crippen LogP contribution in [0.5, 0.6) is 0 Å². The molecule has 0 saturated heterocycles. The Hall–Kier alpha value is -3.67. The van der Waals surface area contributed by atoms with Crippen molar-refractivity contribution in [3.63, 3.8) is 0 Å². The highest BCUT2D eigenvalue weighted by molar-refractivity contribution is 6.08. The second-order valence-electron chi connectivity index (χ2n) is 6.51. The number of esters is 1. The third-order valence-electron chi connectivity index (χ3n) is 4.60. The molecule has 0 radical (unpaired) electrons. The van der Waals surface area contributed by atoms with Crippen molar-refractivity contribution >= 4 is 29.1 Å². The number of ether oxygens (including phenoxy) is 1. The molecule has 0 fully saturated rings. The van der Waals surface area contributed by atoms with Crippen LogP contribution in [0, 0.1) is 6.92 Å². The van der Waals surface area contributed by atoms with E-state index in [-0.39, 0.29) is 5.91 Å². The molecule has 6 nitrogen and oxygen atoms in total. The lowest BCUT2D eigenvalue weighted by atomic mass is 10.1. The molecule has 1 heterocycles. The van der Waals surface area contributed by atoms with E-state index in [2.05, 4.69) is 28.6 Å². The van der Waals surface area contributed by atoms with Gasteiger partial charge in [-0.2, -0.15) is 0 Å². The molecule has 1 aromatic heterocycles. The summed E-state index contributed by atoms with van der Waals surface area (Å²) < 4.78 is 4.77. The molecular weight excluding hydrogens is 366 g/mol. The number of pyridine rings is 1. The van der Waals surface area contributed by atoms with Crippen molar-refractivity contribution < 1.29 is 14.3 Å². The van der Waals surface area contributed by atoms with Crippen LogP contribution in [0.25, 0.3) is 0 Å². The molecule has 3 aromatic rings. The summed E-state index contributed by atoms with van der Waals surface area (Å²) in [7, 11) is 1.30. The number of carbonyl (C=O) groups excluding carboxylic acids is 2. The fraction of sp³-hybridized carbons (Fsp3) is 0.174. The Labute approximate surface area is 169 Å². The van der Waals surface area contributed by atoms with E-state index in [1.807, 2.05) is 19.1 Å². The quantitative estimate of drug-likeness (QED) is 0.596. The minimum atomic E-state index is -0.510. The number of para-hydroxylation sites is 2. The van der Waals surface area contributed by atoms with E-state index in [4.69, 9.17) is 4.74 Å². The van der Waals surface area contributed by atoms with Crippen molar-refractivity contribution in [2.75, 3.05) is 17.7 Å². The highest BCUT2D eigenvalue weighted by atomic mass is 16.5. The van der Waals surface area contributed by atoms with E-state index < -0.39 is 5.97 Å². The van der Waals surface area contributed by atoms with E-state index in [0.717, 1.165) is 17.7 Å². The van der Waals surface area contributed by atoms with Crippen molar-refractivity contribution in [3.8, 4) is 0 Å². The van der Waals surface area contributed by atoms with Crippen LogP contribution in [0.3, 0.4) is 0 Å². The van der Waals surface area contributed by atoms with Crippen molar-refractivity contribution in [3.05, 3.63) is 83.0 Å². The molecule has 2 aromatic carbocycles. The number of amides is 1. The van der Waals surface area contributed by atoms with Crippen molar-refractivity contribution in [1.29, 1.82) is 0 Å². The van der Waals surface area contributed by atoms with Crippen LogP contribution in [0.2, 0.25) is 0 Å². The lowest BCUT2D eigenvalue weighted by Crippen LogP contribution is -2.15. The van der Waals surface area contributed by atoms with Gasteiger partial charge in [0.15, 0.2) is 0 Å². The number of carbonyl (C=O) groups is 2. The number of nitrogens with one attached hydrogen (secondary N) is 2. The number of anilines is 3. The smallest absolute Gasteiger partial charge is 0.339 e. The van der Waals surface area contributed by atoms with Crippen LogP contribution in [-0.2, 0) is 11.2 Å². The molecule has 0 aliphatic carbocycles. The Bertz CT molecular complexity index is 1050. The number of benzene rings is 2. The molecule has 2 N–H and O–H groups in total. The van der Waals surface area contributed by atoms with Gasteiger partial charge in [0, 0.05) is 17.4 Å². The van der Waals surface area contributed by atoms with E-state index in [0.29, 0.717) is 22.6 Å². The third kappa shape index (κ3) is 4.60. The lowest BCUT2D eigenvalue weighted by molar-refractivity contribution is 0.0602. The fourth-order valence-electron chi connectivity index (χ4n) is 3.04. The second kappa shape index (κ2) is 9.01. The van der Waals surface area contributed by atoms with Gasteiger partial charge in [0.05, 0.1) is 18.4 Å². The molecule has 0 unspecified atom stereocenters. The first kappa shape index (κ1) is 20.1. The maximum absolute atomic E-state index is 12.8. The zero-order chi connectivity index (χ0) is 20.8. The van der Waals surface area contributed by atoms with Crippen molar-refractivity contribution in [2.24, 2.45) is 0 Å². The summed E-state index contributed by atoms with van der Waals surface area (Å²) in [6.07, 6.45) is 2.46. The third-order valence-corrected chi connectivity index (χ3v) is 4.60. The first-order valence-corrected chi connectivity index (χ1v) is 9.33. The van der Waals surface area contributed by atoms with Crippen molar-refractivity contribution in [2.45, 2.75) is 20.3 Å². The van der Waals surface area contributed by atoms with Crippen LogP contribution in [0.4, 0.5) is 17.2 Å². The van der Waals surface area contributed by atoms with Crippen molar-refractivity contribution in [1.82, 2.24) is 4.98 Å².